The number of nitrogens with one attached hydrogen (secondary N) is 1. The van der Waals surface area contributed by atoms with Crippen LogP contribution >= 0.6 is 0 Å². The Morgan fingerprint density at radius 3 is 2.42 bits per heavy atom. The van der Waals surface area contributed by atoms with E-state index in [1.54, 1.807) is 12.1 Å². The minimum atomic E-state index is -3.83. The lowest BCUT2D eigenvalue weighted by molar-refractivity contribution is 0.0407. The molecular weight excluding hydrogens is 482 g/mol. The van der Waals surface area contributed by atoms with Gasteiger partial charge in [0, 0.05) is 32.3 Å². The number of nitrogens with two attached hydrogens (primary N) is 1. The van der Waals surface area contributed by atoms with E-state index in [0.717, 1.165) is 5.56 Å². The zero-order valence-electron chi connectivity index (χ0n) is 21.1. The maximum atomic E-state index is 13.6. The van der Waals surface area contributed by atoms with Gasteiger partial charge in [-0.3, -0.25) is 0 Å². The summed E-state index contributed by atoms with van der Waals surface area (Å²) in [6.45, 7) is 5.16. The Morgan fingerprint density at radius 2 is 1.83 bits per heavy atom. The molecule has 3 unspecified atom stereocenters. The number of hydrogen-bond acceptors (Lipinski definition) is 7. The van der Waals surface area contributed by atoms with Crippen LogP contribution in [0.4, 0.5) is 10.5 Å². The Labute approximate surface area is 214 Å². The fourth-order valence-electron chi connectivity index (χ4n) is 4.12. The Hall–Kier alpha value is -2.66. The van der Waals surface area contributed by atoms with Crippen LogP contribution in [0, 0.1) is 5.92 Å². The largest absolute Gasteiger partial charge is 0.444 e. The number of carbonyl (C=O) groups is 1. The second kappa shape index (κ2) is 13.0. The molecule has 0 saturated carbocycles. The van der Waals surface area contributed by atoms with Crippen LogP contribution in [0.1, 0.15) is 25.8 Å². The number of amides is 1. The summed E-state index contributed by atoms with van der Waals surface area (Å²) in [6.07, 6.45) is -0.434. The van der Waals surface area contributed by atoms with E-state index in [9.17, 15) is 13.2 Å². The number of benzene rings is 2. The molecule has 1 aliphatic heterocycles. The molecule has 10 heteroatoms. The lowest BCUT2D eigenvalue weighted by Crippen LogP contribution is -2.52. The standard InChI is InChI=1S/C26H37N3O6S/c1-19(2)16-29(36(31,32)23-11-9-21(27)10-12-23)17-25(33-3)24(15-20-7-5-4-6-8-20)28-26(30)35-22-13-14-34-18-22/h4-12,19,22,24-25H,13-18,27H2,1-3H3,(H,28,30). The third-order valence-corrected chi connectivity index (χ3v) is 7.83. The van der Waals surface area contributed by atoms with Gasteiger partial charge >= 0.3 is 6.09 Å². The summed E-state index contributed by atoms with van der Waals surface area (Å²) >= 11 is 0. The highest BCUT2D eigenvalue weighted by molar-refractivity contribution is 7.89. The molecule has 2 aromatic rings. The molecule has 1 aliphatic rings. The summed E-state index contributed by atoms with van der Waals surface area (Å²) in [6, 6.07) is 15.2. The van der Waals surface area contributed by atoms with Crippen molar-refractivity contribution in [3.8, 4) is 0 Å². The number of sulfonamides is 1. The Morgan fingerprint density at radius 1 is 1.14 bits per heavy atom. The predicted molar refractivity (Wildman–Crippen MR) is 138 cm³/mol. The monoisotopic (exact) mass is 519 g/mol. The summed E-state index contributed by atoms with van der Waals surface area (Å²) in [5.74, 6) is 0.0685. The van der Waals surface area contributed by atoms with Gasteiger partial charge in [0.1, 0.15) is 6.10 Å². The van der Waals surface area contributed by atoms with Crippen molar-refractivity contribution in [1.29, 1.82) is 0 Å². The van der Waals surface area contributed by atoms with Crippen molar-refractivity contribution < 1.29 is 27.4 Å². The maximum Gasteiger partial charge on any atom is 0.407 e. The lowest BCUT2D eigenvalue weighted by atomic mass is 10.0. The first kappa shape index (κ1) is 27.9. The molecule has 9 nitrogen and oxygen atoms in total. The van der Waals surface area contributed by atoms with Gasteiger partial charge in [0.25, 0.3) is 0 Å². The van der Waals surface area contributed by atoms with Crippen LogP contribution in [0.5, 0.6) is 0 Å². The Balaban J connectivity index is 1.84. The molecule has 0 aliphatic carbocycles. The Kier molecular flexibility index (Phi) is 10.1. The normalized spacial score (nSPS) is 17.8. The van der Waals surface area contributed by atoms with Gasteiger partial charge in [-0.1, -0.05) is 44.2 Å². The fraction of sp³-hybridized carbons (Fsp3) is 0.500. The number of hydrogen-bond donors (Lipinski definition) is 2. The molecular formula is C26H37N3O6S. The van der Waals surface area contributed by atoms with Crippen LogP contribution < -0.4 is 11.1 Å². The van der Waals surface area contributed by atoms with Gasteiger partial charge < -0.3 is 25.3 Å². The second-order valence-electron chi connectivity index (χ2n) is 9.39. The van der Waals surface area contributed by atoms with Crippen LogP contribution in [-0.4, -0.2) is 70.5 Å². The Bertz CT molecular complexity index is 1060. The molecule has 0 radical (unpaired) electrons. The first-order chi connectivity index (χ1) is 17.2. The second-order valence-corrected chi connectivity index (χ2v) is 11.3. The molecule has 1 heterocycles. The van der Waals surface area contributed by atoms with Gasteiger partial charge in [0.2, 0.25) is 10.0 Å². The molecule has 3 atom stereocenters. The summed E-state index contributed by atoms with van der Waals surface area (Å²) in [5.41, 5.74) is 7.22. The van der Waals surface area contributed by atoms with E-state index in [-0.39, 0.29) is 30.0 Å². The molecule has 1 saturated heterocycles. The van der Waals surface area contributed by atoms with Crippen LogP contribution in [-0.2, 0) is 30.7 Å². The molecule has 1 amide bonds. The minimum Gasteiger partial charge on any atom is -0.444 e. The van der Waals surface area contributed by atoms with Gasteiger partial charge in [-0.2, -0.15) is 4.31 Å². The molecule has 0 spiro atoms. The molecule has 3 N–H and O–H groups in total. The van der Waals surface area contributed by atoms with Crippen LogP contribution in [0.15, 0.2) is 59.5 Å². The third-order valence-electron chi connectivity index (χ3n) is 5.99. The van der Waals surface area contributed by atoms with E-state index in [1.807, 2.05) is 44.2 Å². The highest BCUT2D eigenvalue weighted by Gasteiger charge is 2.33. The molecule has 0 bridgehead atoms. The zero-order chi connectivity index (χ0) is 26.1. The number of nitrogens with zero attached hydrogens (tertiary/aromatic N) is 1. The van der Waals surface area contributed by atoms with E-state index < -0.39 is 28.3 Å². The first-order valence-corrected chi connectivity index (χ1v) is 13.6. The van der Waals surface area contributed by atoms with Crippen LogP contribution in [0.2, 0.25) is 0 Å². The number of nitrogen functional groups attached to an aromatic ring is 1. The summed E-state index contributed by atoms with van der Waals surface area (Å²) in [5, 5.41) is 2.92. The molecule has 198 valence electrons. The average molecular weight is 520 g/mol. The summed E-state index contributed by atoms with van der Waals surface area (Å²) < 4.78 is 45.2. The number of methoxy groups -OCH3 is 1. The lowest BCUT2D eigenvalue weighted by Gasteiger charge is -2.32. The topological polar surface area (TPSA) is 120 Å². The summed E-state index contributed by atoms with van der Waals surface area (Å²) in [7, 11) is -2.32. The van der Waals surface area contributed by atoms with Gasteiger partial charge in [0.05, 0.1) is 30.3 Å². The zero-order valence-corrected chi connectivity index (χ0v) is 21.9. The highest BCUT2D eigenvalue weighted by atomic mass is 32.2. The maximum absolute atomic E-state index is 13.6. The van der Waals surface area contributed by atoms with Crippen LogP contribution in [0.25, 0.3) is 0 Å². The van der Waals surface area contributed by atoms with Crippen molar-refractivity contribution >= 4 is 21.8 Å². The molecule has 36 heavy (non-hydrogen) atoms. The van der Waals surface area contributed by atoms with Crippen molar-refractivity contribution in [3.05, 3.63) is 60.2 Å². The van der Waals surface area contributed by atoms with Crippen molar-refractivity contribution in [2.24, 2.45) is 5.92 Å². The number of rotatable bonds is 12. The van der Waals surface area contributed by atoms with Gasteiger partial charge in [-0.25, -0.2) is 13.2 Å². The van der Waals surface area contributed by atoms with Crippen molar-refractivity contribution in [1.82, 2.24) is 9.62 Å². The molecule has 1 fully saturated rings. The molecule has 0 aromatic heterocycles. The van der Waals surface area contributed by atoms with E-state index >= 15 is 0 Å². The van der Waals surface area contributed by atoms with E-state index in [2.05, 4.69) is 5.32 Å². The summed E-state index contributed by atoms with van der Waals surface area (Å²) in [4.78, 5) is 12.9. The van der Waals surface area contributed by atoms with Gasteiger partial charge in [0.15, 0.2) is 0 Å². The highest BCUT2D eigenvalue weighted by Crippen LogP contribution is 2.21. The minimum absolute atomic E-state index is 0.0473. The van der Waals surface area contributed by atoms with E-state index in [0.29, 0.717) is 31.7 Å². The van der Waals surface area contributed by atoms with E-state index in [1.165, 1.54) is 23.5 Å². The number of carbonyl (C=O) groups excluding carboxylic acids is 1. The SMILES string of the molecule is COC(CN(CC(C)C)S(=O)(=O)c1ccc(N)cc1)C(Cc1ccccc1)NC(=O)OC1CCOC1. The van der Waals surface area contributed by atoms with Gasteiger partial charge in [-0.15, -0.1) is 0 Å². The average Bonchev–Trinajstić information content (AvgIpc) is 3.35. The predicted octanol–water partition coefficient (Wildman–Crippen LogP) is 3.06. The first-order valence-electron chi connectivity index (χ1n) is 12.2. The van der Waals surface area contributed by atoms with Crippen molar-refractivity contribution in [2.45, 2.75) is 49.8 Å². The number of alkyl carbamates (subject to hydrolysis) is 1. The molecule has 3 rings (SSSR count). The molecule has 2 aromatic carbocycles. The third kappa shape index (κ3) is 7.92. The van der Waals surface area contributed by atoms with Crippen molar-refractivity contribution in [3.63, 3.8) is 0 Å². The van der Waals surface area contributed by atoms with Crippen molar-refractivity contribution in [2.75, 3.05) is 39.1 Å². The number of anilines is 1. The quantitative estimate of drug-likeness (QED) is 0.414. The van der Waals surface area contributed by atoms with E-state index in [4.69, 9.17) is 19.9 Å². The number of ether oxygens (including phenoxy) is 3. The van der Waals surface area contributed by atoms with Gasteiger partial charge in [-0.05, 0) is 42.2 Å². The smallest absolute Gasteiger partial charge is 0.407 e. The fourth-order valence-corrected chi connectivity index (χ4v) is 5.74. The van der Waals surface area contributed by atoms with Crippen LogP contribution in [0.3, 0.4) is 0 Å².